The molecule has 1 aromatic heterocycles. The number of nitrogens with zero attached hydrogens (tertiary/aromatic N) is 4. The zero-order valence-corrected chi connectivity index (χ0v) is 11.2. The number of anilines is 2. The van der Waals surface area contributed by atoms with Crippen molar-refractivity contribution in [2.24, 2.45) is 11.8 Å². The van der Waals surface area contributed by atoms with E-state index in [1.54, 1.807) is 6.33 Å². The van der Waals surface area contributed by atoms with Crippen molar-refractivity contribution in [3.05, 3.63) is 12.4 Å². The second-order valence-corrected chi connectivity index (χ2v) is 5.48. The van der Waals surface area contributed by atoms with Crippen LogP contribution in [0.3, 0.4) is 0 Å². The molecule has 1 fully saturated rings. The van der Waals surface area contributed by atoms with Gasteiger partial charge in [0.15, 0.2) is 0 Å². The molecular weight excluding hydrogens is 212 g/mol. The van der Waals surface area contributed by atoms with E-state index in [4.69, 9.17) is 0 Å². The lowest BCUT2D eigenvalue weighted by Crippen LogP contribution is -2.39. The van der Waals surface area contributed by atoms with Gasteiger partial charge in [-0.3, -0.25) is 0 Å². The van der Waals surface area contributed by atoms with Crippen LogP contribution < -0.4 is 9.80 Å². The molecule has 0 saturated carbocycles. The minimum Gasteiger partial charge on any atom is -0.363 e. The highest BCUT2D eigenvalue weighted by atomic mass is 15.2. The van der Waals surface area contributed by atoms with E-state index in [1.165, 1.54) is 6.42 Å². The quantitative estimate of drug-likeness (QED) is 0.783. The van der Waals surface area contributed by atoms with Crippen molar-refractivity contribution >= 4 is 11.6 Å². The molecule has 2 heterocycles. The second-order valence-electron chi connectivity index (χ2n) is 5.48. The van der Waals surface area contributed by atoms with Gasteiger partial charge in [0, 0.05) is 33.3 Å². The number of aromatic nitrogens is 2. The molecule has 0 spiro atoms. The molecule has 0 aliphatic carbocycles. The Hall–Kier alpha value is -1.32. The molecule has 2 atom stereocenters. The van der Waals surface area contributed by atoms with Crippen molar-refractivity contribution in [2.75, 3.05) is 37.0 Å². The standard InChI is InChI=1S/C13H22N4/c1-10-5-11(2)8-17(7-10)13-6-12(16(3)4)14-9-15-13/h6,9-11H,5,7-8H2,1-4H3. The Morgan fingerprint density at radius 2 is 1.82 bits per heavy atom. The van der Waals surface area contributed by atoms with E-state index in [-0.39, 0.29) is 0 Å². The van der Waals surface area contributed by atoms with Gasteiger partial charge in [0.05, 0.1) is 0 Å². The molecule has 2 rings (SSSR count). The number of hydrogen-bond donors (Lipinski definition) is 0. The lowest BCUT2D eigenvalue weighted by Gasteiger charge is -2.35. The zero-order valence-electron chi connectivity index (χ0n) is 11.2. The second kappa shape index (κ2) is 4.90. The highest BCUT2D eigenvalue weighted by molar-refractivity contribution is 5.49. The number of hydrogen-bond acceptors (Lipinski definition) is 4. The predicted molar refractivity (Wildman–Crippen MR) is 71.5 cm³/mol. The highest BCUT2D eigenvalue weighted by Gasteiger charge is 2.22. The third-order valence-electron chi connectivity index (χ3n) is 3.29. The van der Waals surface area contributed by atoms with Gasteiger partial charge in [-0.15, -0.1) is 0 Å². The topological polar surface area (TPSA) is 32.3 Å². The number of rotatable bonds is 2. The van der Waals surface area contributed by atoms with Gasteiger partial charge in [0.25, 0.3) is 0 Å². The molecule has 0 radical (unpaired) electrons. The van der Waals surface area contributed by atoms with Gasteiger partial charge in [0.1, 0.15) is 18.0 Å². The minimum atomic E-state index is 0.747. The first-order valence-corrected chi connectivity index (χ1v) is 6.30. The summed E-state index contributed by atoms with van der Waals surface area (Å²) in [6.45, 7) is 6.84. The van der Waals surface area contributed by atoms with Gasteiger partial charge >= 0.3 is 0 Å². The van der Waals surface area contributed by atoms with Crippen LogP contribution in [-0.2, 0) is 0 Å². The molecule has 17 heavy (non-hydrogen) atoms. The molecule has 0 aromatic carbocycles. The van der Waals surface area contributed by atoms with Crippen molar-refractivity contribution in [3.8, 4) is 0 Å². The van der Waals surface area contributed by atoms with E-state index < -0.39 is 0 Å². The Morgan fingerprint density at radius 3 is 2.41 bits per heavy atom. The predicted octanol–water partition coefficient (Wildman–Crippen LogP) is 2.02. The van der Waals surface area contributed by atoms with E-state index in [9.17, 15) is 0 Å². The first-order chi connectivity index (χ1) is 8.06. The van der Waals surface area contributed by atoms with Crippen molar-refractivity contribution in [1.82, 2.24) is 9.97 Å². The molecule has 2 unspecified atom stereocenters. The van der Waals surface area contributed by atoms with Gasteiger partial charge in [-0.25, -0.2) is 9.97 Å². The summed E-state index contributed by atoms with van der Waals surface area (Å²) in [5.41, 5.74) is 0. The maximum Gasteiger partial charge on any atom is 0.134 e. The van der Waals surface area contributed by atoms with Gasteiger partial charge < -0.3 is 9.80 Å². The van der Waals surface area contributed by atoms with E-state index >= 15 is 0 Å². The van der Waals surface area contributed by atoms with E-state index in [2.05, 4.69) is 34.8 Å². The third-order valence-corrected chi connectivity index (χ3v) is 3.29. The van der Waals surface area contributed by atoms with Crippen LogP contribution in [0, 0.1) is 11.8 Å². The lowest BCUT2D eigenvalue weighted by molar-refractivity contribution is 0.355. The Kier molecular flexibility index (Phi) is 3.50. The summed E-state index contributed by atoms with van der Waals surface area (Å²) >= 11 is 0. The molecule has 1 aliphatic heterocycles. The molecule has 1 aliphatic rings. The van der Waals surface area contributed by atoms with E-state index in [1.807, 2.05) is 19.0 Å². The Morgan fingerprint density at radius 1 is 1.18 bits per heavy atom. The van der Waals surface area contributed by atoms with Gasteiger partial charge in [-0.05, 0) is 18.3 Å². The Bertz CT molecular complexity index is 367. The Balaban J connectivity index is 2.18. The van der Waals surface area contributed by atoms with Crippen molar-refractivity contribution in [1.29, 1.82) is 0 Å². The van der Waals surface area contributed by atoms with Crippen molar-refractivity contribution in [2.45, 2.75) is 20.3 Å². The van der Waals surface area contributed by atoms with Crippen LogP contribution in [0.15, 0.2) is 12.4 Å². The summed E-state index contributed by atoms with van der Waals surface area (Å²) in [6, 6.07) is 2.07. The van der Waals surface area contributed by atoms with Gasteiger partial charge in [-0.1, -0.05) is 13.8 Å². The first-order valence-electron chi connectivity index (χ1n) is 6.30. The number of piperidine rings is 1. The minimum absolute atomic E-state index is 0.747. The average molecular weight is 234 g/mol. The lowest BCUT2D eigenvalue weighted by atomic mass is 9.92. The van der Waals surface area contributed by atoms with Crippen LogP contribution in [0.25, 0.3) is 0 Å². The summed E-state index contributed by atoms with van der Waals surface area (Å²) in [5.74, 6) is 3.52. The summed E-state index contributed by atoms with van der Waals surface area (Å²) in [5, 5.41) is 0. The fourth-order valence-electron chi connectivity index (χ4n) is 2.60. The van der Waals surface area contributed by atoms with Crippen LogP contribution in [0.5, 0.6) is 0 Å². The third kappa shape index (κ3) is 2.87. The maximum atomic E-state index is 4.40. The molecular formula is C13H22N4. The molecule has 4 heteroatoms. The highest BCUT2D eigenvalue weighted by Crippen LogP contribution is 2.25. The molecule has 94 valence electrons. The van der Waals surface area contributed by atoms with Crippen LogP contribution in [0.4, 0.5) is 11.6 Å². The molecule has 1 aromatic rings. The molecule has 0 bridgehead atoms. The van der Waals surface area contributed by atoms with Crippen molar-refractivity contribution in [3.63, 3.8) is 0 Å². The van der Waals surface area contributed by atoms with E-state index in [0.717, 1.165) is 36.6 Å². The van der Waals surface area contributed by atoms with Crippen LogP contribution >= 0.6 is 0 Å². The summed E-state index contributed by atoms with van der Waals surface area (Å²) in [4.78, 5) is 13.1. The fraction of sp³-hybridized carbons (Fsp3) is 0.692. The summed E-state index contributed by atoms with van der Waals surface area (Å²) in [7, 11) is 4.02. The monoisotopic (exact) mass is 234 g/mol. The molecule has 0 amide bonds. The largest absolute Gasteiger partial charge is 0.363 e. The maximum absolute atomic E-state index is 4.40. The molecule has 1 saturated heterocycles. The normalized spacial score (nSPS) is 24.8. The van der Waals surface area contributed by atoms with Gasteiger partial charge in [-0.2, -0.15) is 0 Å². The smallest absolute Gasteiger partial charge is 0.134 e. The average Bonchev–Trinajstić information content (AvgIpc) is 2.28. The molecule has 0 N–H and O–H groups in total. The zero-order chi connectivity index (χ0) is 12.4. The first kappa shape index (κ1) is 12.1. The van der Waals surface area contributed by atoms with Crippen LogP contribution in [-0.4, -0.2) is 37.2 Å². The van der Waals surface area contributed by atoms with Gasteiger partial charge in [0.2, 0.25) is 0 Å². The van der Waals surface area contributed by atoms with Crippen LogP contribution in [0.2, 0.25) is 0 Å². The Labute approximate surface area is 104 Å². The van der Waals surface area contributed by atoms with E-state index in [0.29, 0.717) is 0 Å². The summed E-state index contributed by atoms with van der Waals surface area (Å²) in [6.07, 6.45) is 2.98. The van der Waals surface area contributed by atoms with Crippen molar-refractivity contribution < 1.29 is 0 Å². The summed E-state index contributed by atoms with van der Waals surface area (Å²) < 4.78 is 0. The molecule has 4 nitrogen and oxygen atoms in total. The fourth-order valence-corrected chi connectivity index (χ4v) is 2.60. The SMILES string of the molecule is CC1CC(C)CN(c2cc(N(C)C)ncn2)C1. The van der Waals surface area contributed by atoms with Crippen LogP contribution in [0.1, 0.15) is 20.3 Å².